The van der Waals surface area contributed by atoms with E-state index in [0.717, 1.165) is 49.9 Å². The van der Waals surface area contributed by atoms with E-state index in [0.29, 0.717) is 17.8 Å². The van der Waals surface area contributed by atoms with Gasteiger partial charge in [0.1, 0.15) is 0 Å². The molecule has 10 rings (SSSR count). The molecule has 6 aliphatic carbocycles. The SMILES string of the molecule is C1=CC2C(C3=CC(c4cccc(C5=Cc6ccccc6CC5)n4)=CCC3)=c3ccccc3=C(C3=c4cccc(C5CCCCC5)c4=CCC3)C2C=C1. The first kappa shape index (κ1) is 31.7. The number of rotatable bonds is 5. The molecule has 0 spiro atoms. The van der Waals surface area contributed by atoms with Crippen molar-refractivity contribution >= 4 is 40.0 Å². The van der Waals surface area contributed by atoms with Crippen LogP contribution in [0, 0.1) is 11.8 Å². The maximum atomic E-state index is 5.31. The molecule has 0 radical (unpaired) electrons. The van der Waals surface area contributed by atoms with Crippen LogP contribution in [-0.2, 0) is 6.42 Å². The Kier molecular flexibility index (Phi) is 8.24. The molecule has 2 atom stereocenters. The lowest BCUT2D eigenvalue weighted by Gasteiger charge is -2.36. The Morgan fingerprint density at radius 2 is 1.27 bits per heavy atom. The van der Waals surface area contributed by atoms with Gasteiger partial charge >= 0.3 is 0 Å². The van der Waals surface area contributed by atoms with Gasteiger partial charge in [-0.1, -0.05) is 129 Å². The molecule has 1 nitrogen and oxygen atoms in total. The molecule has 256 valence electrons. The first-order valence-electron chi connectivity index (χ1n) is 20.0. The van der Waals surface area contributed by atoms with Gasteiger partial charge in [0, 0.05) is 11.8 Å². The standard InChI is InChI=1S/C51H47N/c1-2-15-35(16-3-1)40-24-11-26-42-41(40)25-12-27-43(42)51-46-22-8-6-20-44(46)50(45-21-7-9-23-47(45)51)39-19-10-18-37(33-39)48-28-13-29-49(52-48)38-31-30-34-14-4-5-17-36(34)32-38/h4-9,11,13-14,17-18,20-26,28-29,32-33,35,44,46H,1-3,10,12,15-16,19,27,30-31H2. The lowest BCUT2D eigenvalue weighted by molar-refractivity contribution is 0.442. The predicted molar refractivity (Wildman–Crippen MR) is 219 cm³/mol. The van der Waals surface area contributed by atoms with Crippen molar-refractivity contribution in [1.82, 2.24) is 4.98 Å². The second-order valence-corrected chi connectivity index (χ2v) is 15.7. The largest absolute Gasteiger partial charge is 0.248 e. The first-order valence-corrected chi connectivity index (χ1v) is 20.0. The summed E-state index contributed by atoms with van der Waals surface area (Å²) in [6, 6.07) is 32.0. The molecule has 1 heterocycles. The van der Waals surface area contributed by atoms with Crippen LogP contribution in [0.4, 0.5) is 0 Å². The molecule has 0 N–H and O–H groups in total. The summed E-state index contributed by atoms with van der Waals surface area (Å²) in [5, 5.41) is 5.89. The number of hydrogen-bond donors (Lipinski definition) is 0. The third kappa shape index (κ3) is 5.57. The van der Waals surface area contributed by atoms with Gasteiger partial charge in [-0.25, -0.2) is 4.98 Å². The van der Waals surface area contributed by atoms with E-state index in [4.69, 9.17) is 4.98 Å². The van der Waals surface area contributed by atoms with Crippen LogP contribution >= 0.6 is 0 Å². The van der Waals surface area contributed by atoms with Crippen LogP contribution in [0.25, 0.3) is 40.0 Å². The van der Waals surface area contributed by atoms with E-state index in [9.17, 15) is 0 Å². The Morgan fingerprint density at radius 1 is 0.538 bits per heavy atom. The highest BCUT2D eigenvalue weighted by atomic mass is 14.7. The van der Waals surface area contributed by atoms with Crippen molar-refractivity contribution < 1.29 is 0 Å². The molecule has 0 bridgehead atoms. The molecule has 0 aliphatic heterocycles. The number of fused-ring (bicyclic) bond motifs is 4. The van der Waals surface area contributed by atoms with Gasteiger partial charge in [-0.2, -0.15) is 0 Å². The van der Waals surface area contributed by atoms with Crippen molar-refractivity contribution in [3.8, 4) is 0 Å². The van der Waals surface area contributed by atoms with Crippen LogP contribution in [-0.4, -0.2) is 4.98 Å². The van der Waals surface area contributed by atoms with E-state index < -0.39 is 0 Å². The van der Waals surface area contributed by atoms with Crippen LogP contribution in [0.2, 0.25) is 0 Å². The highest BCUT2D eigenvalue weighted by Crippen LogP contribution is 2.44. The van der Waals surface area contributed by atoms with Crippen LogP contribution in [0.5, 0.6) is 0 Å². The Labute approximate surface area is 308 Å². The van der Waals surface area contributed by atoms with Gasteiger partial charge in [-0.3, -0.25) is 0 Å². The summed E-state index contributed by atoms with van der Waals surface area (Å²) in [4.78, 5) is 5.31. The monoisotopic (exact) mass is 673 g/mol. The van der Waals surface area contributed by atoms with Gasteiger partial charge in [0.15, 0.2) is 0 Å². The first-order chi connectivity index (χ1) is 25.8. The van der Waals surface area contributed by atoms with Crippen LogP contribution in [0.3, 0.4) is 0 Å². The summed E-state index contributed by atoms with van der Waals surface area (Å²) < 4.78 is 0. The Morgan fingerprint density at radius 3 is 2.15 bits per heavy atom. The minimum atomic E-state index is 0.315. The molecule has 52 heavy (non-hydrogen) atoms. The average molecular weight is 674 g/mol. The third-order valence-corrected chi connectivity index (χ3v) is 12.8. The molecule has 0 amide bonds. The molecular formula is C51H47N. The zero-order valence-corrected chi connectivity index (χ0v) is 30.2. The van der Waals surface area contributed by atoms with Gasteiger partial charge in [-0.15, -0.1) is 0 Å². The molecule has 4 aromatic rings. The van der Waals surface area contributed by atoms with E-state index in [-0.39, 0.29) is 0 Å². The Hall–Kier alpha value is -5.01. The fraction of sp³-hybridized carbons (Fsp3) is 0.275. The smallest absolute Gasteiger partial charge is 0.0706 e. The highest BCUT2D eigenvalue weighted by Gasteiger charge is 2.34. The molecule has 1 saturated carbocycles. The number of pyridine rings is 1. The van der Waals surface area contributed by atoms with Crippen molar-refractivity contribution in [3.63, 3.8) is 0 Å². The zero-order valence-electron chi connectivity index (χ0n) is 30.2. The van der Waals surface area contributed by atoms with Gasteiger partial charge in [-0.05, 0) is 153 Å². The van der Waals surface area contributed by atoms with Crippen molar-refractivity contribution in [2.24, 2.45) is 11.8 Å². The zero-order chi connectivity index (χ0) is 34.4. The number of nitrogens with zero attached hydrogens (tertiary/aromatic N) is 1. The maximum absolute atomic E-state index is 5.31. The lowest BCUT2D eigenvalue weighted by atomic mass is 9.67. The van der Waals surface area contributed by atoms with E-state index in [2.05, 4.69) is 134 Å². The molecule has 3 aromatic carbocycles. The number of aromatic nitrogens is 1. The summed E-state index contributed by atoms with van der Waals surface area (Å²) >= 11 is 0. The number of benzene rings is 3. The van der Waals surface area contributed by atoms with Gasteiger partial charge in [0.05, 0.1) is 11.4 Å². The molecule has 1 heteroatoms. The van der Waals surface area contributed by atoms with Gasteiger partial charge in [0.25, 0.3) is 0 Å². The Balaban J connectivity index is 1.11. The quantitative estimate of drug-likeness (QED) is 0.206. The second kappa shape index (κ2) is 13.5. The van der Waals surface area contributed by atoms with E-state index in [1.807, 2.05) is 0 Å². The fourth-order valence-electron chi connectivity index (χ4n) is 10.3. The summed E-state index contributed by atoms with van der Waals surface area (Å²) in [5.41, 5.74) is 15.3. The van der Waals surface area contributed by atoms with Crippen LogP contribution in [0.1, 0.15) is 98.2 Å². The minimum Gasteiger partial charge on any atom is -0.248 e. The van der Waals surface area contributed by atoms with Crippen molar-refractivity contribution in [2.75, 3.05) is 0 Å². The molecule has 1 fully saturated rings. The van der Waals surface area contributed by atoms with Crippen molar-refractivity contribution in [1.29, 1.82) is 0 Å². The van der Waals surface area contributed by atoms with E-state index in [1.165, 1.54) is 86.4 Å². The molecule has 6 aliphatic rings. The highest BCUT2D eigenvalue weighted by molar-refractivity contribution is 5.95. The summed E-state index contributed by atoms with van der Waals surface area (Å²) in [6.45, 7) is 0. The summed E-state index contributed by atoms with van der Waals surface area (Å²) in [5.74, 6) is 1.35. The lowest BCUT2D eigenvalue weighted by Crippen LogP contribution is -2.43. The minimum absolute atomic E-state index is 0.315. The maximum Gasteiger partial charge on any atom is 0.0706 e. The molecule has 0 saturated heterocycles. The molecule has 2 unspecified atom stereocenters. The summed E-state index contributed by atoms with van der Waals surface area (Å²) in [6.07, 6.45) is 32.7. The Bertz CT molecular complexity index is 2510. The van der Waals surface area contributed by atoms with Crippen molar-refractivity contribution in [3.05, 3.63) is 176 Å². The van der Waals surface area contributed by atoms with Gasteiger partial charge in [0.2, 0.25) is 0 Å². The van der Waals surface area contributed by atoms with Crippen LogP contribution in [0.15, 0.2) is 127 Å². The second-order valence-electron chi connectivity index (χ2n) is 15.7. The predicted octanol–water partition coefficient (Wildman–Crippen LogP) is 9.52. The molecule has 1 aromatic heterocycles. The average Bonchev–Trinajstić information content (AvgIpc) is 3.22. The topological polar surface area (TPSA) is 12.9 Å². The number of hydrogen-bond acceptors (Lipinski definition) is 1. The fourth-order valence-corrected chi connectivity index (χ4v) is 10.3. The number of allylic oxidation sites excluding steroid dienone is 9. The van der Waals surface area contributed by atoms with E-state index in [1.54, 1.807) is 16.7 Å². The molecular weight excluding hydrogens is 627 g/mol. The summed E-state index contributed by atoms with van der Waals surface area (Å²) in [7, 11) is 0. The third-order valence-electron chi connectivity index (χ3n) is 12.8. The number of aryl methyl sites for hydroxylation is 1. The normalized spacial score (nSPS) is 22.3. The van der Waals surface area contributed by atoms with E-state index >= 15 is 0 Å². The van der Waals surface area contributed by atoms with Crippen molar-refractivity contribution in [2.45, 2.75) is 76.5 Å². The van der Waals surface area contributed by atoms with Crippen LogP contribution < -0.4 is 20.9 Å². The van der Waals surface area contributed by atoms with Gasteiger partial charge < -0.3 is 0 Å².